The van der Waals surface area contributed by atoms with Gasteiger partial charge >= 0.3 is 0 Å². The molecular formula is C18H20ClN3O2S. The molecule has 0 saturated heterocycles. The van der Waals surface area contributed by atoms with Crippen molar-refractivity contribution in [2.75, 3.05) is 19.3 Å². The summed E-state index contributed by atoms with van der Waals surface area (Å²) in [6.07, 6.45) is 0. The zero-order chi connectivity index (χ0) is 18.1. The lowest BCUT2D eigenvalue weighted by Gasteiger charge is -2.16. The van der Waals surface area contributed by atoms with Crippen LogP contribution in [0.4, 0.5) is 0 Å². The molecule has 0 aliphatic carbocycles. The number of amides is 2. The lowest BCUT2D eigenvalue weighted by Crippen LogP contribution is -2.46. The highest BCUT2D eigenvalue weighted by Gasteiger charge is 2.09. The van der Waals surface area contributed by atoms with Crippen molar-refractivity contribution >= 4 is 35.2 Å². The minimum Gasteiger partial charge on any atom is -0.293 e. The predicted molar refractivity (Wildman–Crippen MR) is 101 cm³/mol. The van der Waals surface area contributed by atoms with E-state index in [1.165, 1.54) is 11.8 Å². The molecule has 2 aromatic carbocycles. The molecule has 0 saturated carbocycles. The van der Waals surface area contributed by atoms with Crippen LogP contribution in [0.5, 0.6) is 0 Å². The first-order valence-electron chi connectivity index (χ1n) is 7.71. The maximum Gasteiger partial charge on any atom is 0.252 e. The maximum absolute atomic E-state index is 11.9. The molecule has 2 aromatic rings. The summed E-state index contributed by atoms with van der Waals surface area (Å²) >= 11 is 7.18. The van der Waals surface area contributed by atoms with E-state index in [0.29, 0.717) is 11.6 Å². The van der Waals surface area contributed by atoms with Gasteiger partial charge in [-0.3, -0.25) is 25.3 Å². The molecule has 0 aliphatic heterocycles. The van der Waals surface area contributed by atoms with E-state index in [4.69, 9.17) is 11.6 Å². The molecule has 0 atom stereocenters. The van der Waals surface area contributed by atoms with Gasteiger partial charge in [-0.2, -0.15) is 0 Å². The Bertz CT molecular complexity index is 695. The van der Waals surface area contributed by atoms with E-state index in [-0.39, 0.29) is 24.1 Å². The van der Waals surface area contributed by atoms with Crippen LogP contribution in [0.2, 0.25) is 5.02 Å². The molecule has 2 amide bonds. The number of rotatable bonds is 7. The predicted octanol–water partition coefficient (Wildman–Crippen LogP) is 2.71. The highest BCUT2D eigenvalue weighted by Crippen LogP contribution is 2.19. The number of benzene rings is 2. The standard InChI is InChI=1S/C18H20ClN3O2S/c1-22(11-14-5-3-2-4-6-14)12-17(23)20-21-18(24)13-25-16-9-7-15(19)8-10-16/h2-10H,11-13H2,1H3,(H,20,23)(H,21,24). The first kappa shape index (κ1) is 19.3. The summed E-state index contributed by atoms with van der Waals surface area (Å²) < 4.78 is 0. The fourth-order valence-electron chi connectivity index (χ4n) is 2.09. The molecule has 0 spiro atoms. The van der Waals surface area contributed by atoms with Gasteiger partial charge in [-0.1, -0.05) is 41.9 Å². The normalized spacial score (nSPS) is 10.5. The second-order valence-electron chi connectivity index (χ2n) is 5.50. The Labute approximate surface area is 156 Å². The van der Waals surface area contributed by atoms with E-state index in [0.717, 1.165) is 10.5 Å². The second kappa shape index (κ2) is 10.1. The summed E-state index contributed by atoms with van der Waals surface area (Å²) in [6.45, 7) is 0.855. The topological polar surface area (TPSA) is 61.4 Å². The molecular weight excluding hydrogens is 358 g/mol. The van der Waals surface area contributed by atoms with E-state index < -0.39 is 0 Å². The molecule has 0 radical (unpaired) electrons. The van der Waals surface area contributed by atoms with Gasteiger partial charge in [0.1, 0.15) is 0 Å². The van der Waals surface area contributed by atoms with Crippen molar-refractivity contribution in [3.8, 4) is 0 Å². The van der Waals surface area contributed by atoms with Crippen LogP contribution < -0.4 is 10.9 Å². The highest BCUT2D eigenvalue weighted by atomic mass is 35.5. The number of thioether (sulfide) groups is 1. The molecule has 25 heavy (non-hydrogen) atoms. The van der Waals surface area contributed by atoms with Crippen LogP contribution in [-0.2, 0) is 16.1 Å². The van der Waals surface area contributed by atoms with Crippen LogP contribution in [0.3, 0.4) is 0 Å². The average molecular weight is 378 g/mol. The van der Waals surface area contributed by atoms with Gasteiger partial charge in [-0.25, -0.2) is 0 Å². The lowest BCUT2D eigenvalue weighted by atomic mass is 10.2. The van der Waals surface area contributed by atoms with E-state index in [2.05, 4.69) is 10.9 Å². The van der Waals surface area contributed by atoms with Gasteiger partial charge in [0.05, 0.1) is 12.3 Å². The quantitative estimate of drug-likeness (QED) is 0.575. The van der Waals surface area contributed by atoms with Crippen LogP contribution in [0.15, 0.2) is 59.5 Å². The minimum absolute atomic E-state index is 0.194. The molecule has 0 aromatic heterocycles. The Morgan fingerprint density at radius 2 is 1.64 bits per heavy atom. The first-order chi connectivity index (χ1) is 12.0. The zero-order valence-electron chi connectivity index (χ0n) is 13.9. The van der Waals surface area contributed by atoms with Gasteiger partial charge in [0.2, 0.25) is 5.91 Å². The van der Waals surface area contributed by atoms with Crippen LogP contribution in [-0.4, -0.2) is 36.1 Å². The van der Waals surface area contributed by atoms with Crippen molar-refractivity contribution in [1.82, 2.24) is 15.8 Å². The van der Waals surface area contributed by atoms with Crippen LogP contribution in [0.25, 0.3) is 0 Å². The monoisotopic (exact) mass is 377 g/mol. The average Bonchev–Trinajstić information content (AvgIpc) is 2.60. The summed E-state index contributed by atoms with van der Waals surface area (Å²) in [6, 6.07) is 17.1. The van der Waals surface area contributed by atoms with Crippen LogP contribution >= 0.6 is 23.4 Å². The van der Waals surface area contributed by atoms with Gasteiger partial charge in [-0.05, 0) is 36.9 Å². The second-order valence-corrected chi connectivity index (χ2v) is 6.98. The molecule has 2 rings (SSSR count). The maximum atomic E-state index is 11.9. The Balaban J connectivity index is 1.65. The SMILES string of the molecule is CN(CC(=O)NNC(=O)CSc1ccc(Cl)cc1)Cc1ccccc1. The fraction of sp³-hybridized carbons (Fsp3) is 0.222. The van der Waals surface area contributed by atoms with Gasteiger partial charge < -0.3 is 0 Å². The Morgan fingerprint density at radius 1 is 1.00 bits per heavy atom. The summed E-state index contributed by atoms with van der Waals surface area (Å²) in [5.41, 5.74) is 5.98. The first-order valence-corrected chi connectivity index (χ1v) is 9.08. The molecule has 0 aliphatic rings. The number of likely N-dealkylation sites (N-methyl/N-ethyl adjacent to an activating group) is 1. The summed E-state index contributed by atoms with van der Waals surface area (Å²) in [7, 11) is 1.85. The molecule has 132 valence electrons. The smallest absolute Gasteiger partial charge is 0.252 e. The zero-order valence-corrected chi connectivity index (χ0v) is 15.4. The van der Waals surface area contributed by atoms with Gasteiger partial charge in [0.25, 0.3) is 5.91 Å². The lowest BCUT2D eigenvalue weighted by molar-refractivity contribution is -0.128. The number of carbonyl (C=O) groups is 2. The fourth-order valence-corrected chi connectivity index (χ4v) is 2.92. The van der Waals surface area contributed by atoms with Gasteiger partial charge in [0.15, 0.2) is 0 Å². The van der Waals surface area contributed by atoms with Crippen LogP contribution in [0, 0.1) is 0 Å². The number of halogens is 1. The third-order valence-corrected chi connectivity index (χ3v) is 4.50. The number of carbonyl (C=O) groups excluding carboxylic acids is 2. The summed E-state index contributed by atoms with van der Waals surface area (Å²) in [5, 5.41) is 0.653. The molecule has 5 nitrogen and oxygen atoms in total. The molecule has 0 unspecified atom stereocenters. The number of nitrogens with zero attached hydrogens (tertiary/aromatic N) is 1. The van der Waals surface area contributed by atoms with E-state index in [1.807, 2.05) is 54.4 Å². The van der Waals surface area contributed by atoms with Crippen molar-refractivity contribution in [3.05, 3.63) is 65.2 Å². The van der Waals surface area contributed by atoms with Crippen molar-refractivity contribution in [3.63, 3.8) is 0 Å². The Morgan fingerprint density at radius 3 is 2.32 bits per heavy atom. The van der Waals surface area contributed by atoms with Gasteiger partial charge in [0, 0.05) is 16.5 Å². The minimum atomic E-state index is -0.265. The molecule has 0 fully saturated rings. The van der Waals surface area contributed by atoms with Gasteiger partial charge in [-0.15, -0.1) is 11.8 Å². The largest absolute Gasteiger partial charge is 0.293 e. The molecule has 2 N–H and O–H groups in total. The Kier molecular flexibility index (Phi) is 7.78. The number of hydrazine groups is 1. The number of hydrogen-bond donors (Lipinski definition) is 2. The third kappa shape index (κ3) is 7.60. The van der Waals surface area contributed by atoms with Crippen molar-refractivity contribution in [1.29, 1.82) is 0 Å². The van der Waals surface area contributed by atoms with E-state index in [9.17, 15) is 9.59 Å². The Hall–Kier alpha value is -2.02. The van der Waals surface area contributed by atoms with Crippen LogP contribution in [0.1, 0.15) is 5.56 Å². The van der Waals surface area contributed by atoms with Crippen molar-refractivity contribution in [2.45, 2.75) is 11.4 Å². The van der Waals surface area contributed by atoms with Crippen molar-refractivity contribution < 1.29 is 9.59 Å². The van der Waals surface area contributed by atoms with E-state index >= 15 is 0 Å². The number of hydrogen-bond acceptors (Lipinski definition) is 4. The molecule has 0 bridgehead atoms. The van der Waals surface area contributed by atoms with Crippen molar-refractivity contribution in [2.24, 2.45) is 0 Å². The molecule has 0 heterocycles. The summed E-state index contributed by atoms with van der Waals surface area (Å²) in [4.78, 5) is 26.5. The highest BCUT2D eigenvalue weighted by molar-refractivity contribution is 8.00. The third-order valence-electron chi connectivity index (χ3n) is 3.23. The summed E-state index contributed by atoms with van der Waals surface area (Å²) in [5.74, 6) is -0.316. The molecule has 7 heteroatoms. The van der Waals surface area contributed by atoms with E-state index in [1.54, 1.807) is 12.1 Å². The number of nitrogens with one attached hydrogen (secondary N) is 2.